The van der Waals surface area contributed by atoms with Crippen LogP contribution in [-0.2, 0) is 31.9 Å². The largest absolute Gasteiger partial charge is 0.469 e. The van der Waals surface area contributed by atoms with Crippen molar-refractivity contribution in [1.29, 1.82) is 0 Å². The molecular formula is C38H48N4O4. The van der Waals surface area contributed by atoms with Crippen LogP contribution in [0.3, 0.4) is 0 Å². The van der Waals surface area contributed by atoms with Crippen molar-refractivity contribution in [3.8, 4) is 0 Å². The third-order valence-electron chi connectivity index (χ3n) is 10.2. The summed E-state index contributed by atoms with van der Waals surface area (Å²) in [5.74, 6) is -1.37. The molecule has 2 aliphatic heterocycles. The topological polar surface area (TPSA) is 110 Å². The molecule has 8 bridgehead atoms. The number of hydrogen-bond acceptors (Lipinski definition) is 6. The quantitative estimate of drug-likeness (QED) is 0.243. The van der Waals surface area contributed by atoms with Crippen molar-refractivity contribution in [2.45, 2.75) is 105 Å². The van der Waals surface area contributed by atoms with Gasteiger partial charge in [-0.25, -0.2) is 4.98 Å². The summed E-state index contributed by atoms with van der Waals surface area (Å²) in [6, 6.07) is 6.54. The monoisotopic (exact) mass is 624 g/mol. The SMILES string of the molecule is CCCc1c(C)c2cc3nc(c(C(C)C(=O)OC)c4nc(cc5[nH]c(cc1[nH]2)c(C)c5CC)C(C)=C4C)C(CCC(=O)OC)C3C. The summed E-state index contributed by atoms with van der Waals surface area (Å²) < 4.78 is 10.3. The van der Waals surface area contributed by atoms with Gasteiger partial charge in [0.25, 0.3) is 0 Å². The predicted molar refractivity (Wildman–Crippen MR) is 185 cm³/mol. The second-order valence-electron chi connectivity index (χ2n) is 12.8. The molecule has 0 saturated heterocycles. The Morgan fingerprint density at radius 2 is 1.52 bits per heavy atom. The number of allylic oxidation sites excluding steroid dienone is 2. The fourth-order valence-electron chi connectivity index (χ4n) is 7.21. The summed E-state index contributed by atoms with van der Waals surface area (Å²) in [6.07, 6.45) is 3.64. The molecule has 2 N–H and O–H groups in total. The first-order valence-corrected chi connectivity index (χ1v) is 16.5. The second kappa shape index (κ2) is 13.3. The van der Waals surface area contributed by atoms with E-state index in [0.717, 1.165) is 80.8 Å². The molecule has 2 aliphatic rings. The molecular weight excluding hydrogens is 576 g/mol. The van der Waals surface area contributed by atoms with E-state index in [1.165, 1.54) is 36.5 Å². The lowest BCUT2D eigenvalue weighted by molar-refractivity contribution is -0.142. The number of H-pyrrole nitrogens is 2. The Balaban J connectivity index is 2.00. The zero-order valence-electron chi connectivity index (χ0n) is 29.0. The van der Waals surface area contributed by atoms with Crippen LogP contribution in [0.5, 0.6) is 0 Å². The Morgan fingerprint density at radius 1 is 0.870 bits per heavy atom. The minimum absolute atomic E-state index is 0.0118. The Morgan fingerprint density at radius 3 is 2.15 bits per heavy atom. The van der Waals surface area contributed by atoms with Gasteiger partial charge in [0.1, 0.15) is 0 Å². The molecule has 8 nitrogen and oxygen atoms in total. The standard InChI is InChI=1S/C38H48N4O4/c1-11-13-26-22(6)29-16-31-23(7)27(14-15-34(43)45-9)37(42-31)35(24(8)38(44)46-10)36-20(4)19(3)28(41-36)17-32-25(12-2)21(5)30(39-32)18-33(26)40-29/h16-18,23-24,27,39-40H,11-15H2,1-10H3. The highest BCUT2D eigenvalue weighted by molar-refractivity contribution is 5.94. The van der Waals surface area contributed by atoms with Gasteiger partial charge in [-0.15, -0.1) is 0 Å². The first kappa shape index (κ1) is 33.2. The van der Waals surface area contributed by atoms with Crippen LogP contribution in [0.15, 0.2) is 18.2 Å². The number of fused-ring (bicyclic) bond motifs is 8. The Bertz CT molecular complexity index is 1890. The lowest BCUT2D eigenvalue weighted by atomic mass is 9.82. The number of aromatic nitrogens is 4. The number of nitrogens with zero attached hydrogens (tertiary/aromatic N) is 2. The van der Waals surface area contributed by atoms with Crippen molar-refractivity contribution in [3.05, 3.63) is 68.8 Å². The van der Waals surface area contributed by atoms with Gasteiger partial charge >= 0.3 is 11.9 Å². The molecule has 3 aromatic heterocycles. The van der Waals surface area contributed by atoms with Crippen LogP contribution in [0.2, 0.25) is 0 Å². The van der Waals surface area contributed by atoms with Gasteiger partial charge in [-0.2, -0.15) is 0 Å². The average molecular weight is 625 g/mol. The van der Waals surface area contributed by atoms with Gasteiger partial charge in [0.05, 0.1) is 37.2 Å². The van der Waals surface area contributed by atoms with Crippen molar-refractivity contribution in [1.82, 2.24) is 19.9 Å². The van der Waals surface area contributed by atoms with Crippen molar-refractivity contribution < 1.29 is 19.1 Å². The van der Waals surface area contributed by atoms with Crippen LogP contribution in [0.4, 0.5) is 0 Å². The number of rotatable bonds is 8. The highest BCUT2D eigenvalue weighted by Crippen LogP contribution is 2.45. The lowest BCUT2D eigenvalue weighted by Gasteiger charge is -2.20. The molecule has 8 heteroatoms. The Kier molecular flexibility index (Phi) is 9.57. The zero-order valence-corrected chi connectivity index (χ0v) is 29.0. The smallest absolute Gasteiger partial charge is 0.313 e. The molecule has 0 saturated carbocycles. The number of hydrogen-bond donors (Lipinski definition) is 2. The number of nitrogens with one attached hydrogen (secondary N) is 2. The normalized spacial score (nSPS) is 16.9. The van der Waals surface area contributed by atoms with E-state index in [0.29, 0.717) is 6.42 Å². The highest BCUT2D eigenvalue weighted by Gasteiger charge is 2.36. The number of esters is 2. The molecule has 46 heavy (non-hydrogen) atoms. The molecule has 0 spiro atoms. The van der Waals surface area contributed by atoms with E-state index in [1.807, 2.05) is 6.92 Å². The third kappa shape index (κ3) is 5.78. The minimum atomic E-state index is -0.620. The van der Waals surface area contributed by atoms with Gasteiger partial charge in [-0.1, -0.05) is 27.2 Å². The summed E-state index contributed by atoms with van der Waals surface area (Å²) in [7, 11) is 2.83. The van der Waals surface area contributed by atoms with E-state index in [2.05, 4.69) is 76.6 Å². The number of ether oxygens (including phenoxy) is 2. The number of carbonyl (C=O) groups excluding carboxylic acids is 2. The average Bonchev–Trinajstić information content (AvgIpc) is 3.70. The van der Waals surface area contributed by atoms with E-state index >= 15 is 0 Å². The zero-order chi connectivity index (χ0) is 33.4. The van der Waals surface area contributed by atoms with Crippen molar-refractivity contribution in [2.75, 3.05) is 14.2 Å². The van der Waals surface area contributed by atoms with Crippen LogP contribution in [-0.4, -0.2) is 46.1 Å². The fourth-order valence-corrected chi connectivity index (χ4v) is 7.21. The van der Waals surface area contributed by atoms with Gasteiger partial charge in [0.2, 0.25) is 0 Å². The van der Waals surface area contributed by atoms with Gasteiger partial charge < -0.3 is 19.4 Å². The molecule has 0 amide bonds. The van der Waals surface area contributed by atoms with Crippen LogP contribution in [0.1, 0.15) is 129 Å². The van der Waals surface area contributed by atoms with Crippen molar-refractivity contribution in [3.63, 3.8) is 0 Å². The summed E-state index contributed by atoms with van der Waals surface area (Å²) in [5.41, 5.74) is 15.4. The van der Waals surface area contributed by atoms with E-state index in [9.17, 15) is 9.59 Å². The van der Waals surface area contributed by atoms with E-state index < -0.39 is 5.92 Å². The van der Waals surface area contributed by atoms with Crippen molar-refractivity contribution in [2.24, 2.45) is 0 Å². The molecule has 3 atom stereocenters. The summed E-state index contributed by atoms with van der Waals surface area (Å²) in [6.45, 7) is 16.9. The first-order chi connectivity index (χ1) is 21.9. The van der Waals surface area contributed by atoms with Gasteiger partial charge in [-0.3, -0.25) is 14.6 Å². The number of methoxy groups -OCH3 is 2. The Labute approximate surface area is 272 Å². The minimum Gasteiger partial charge on any atom is -0.469 e. The van der Waals surface area contributed by atoms with Crippen LogP contribution >= 0.6 is 0 Å². The van der Waals surface area contributed by atoms with E-state index in [-0.39, 0.29) is 30.2 Å². The van der Waals surface area contributed by atoms with Crippen LogP contribution in [0, 0.1) is 13.8 Å². The maximum atomic E-state index is 13.3. The summed E-state index contributed by atoms with van der Waals surface area (Å²) in [5, 5.41) is 0. The van der Waals surface area contributed by atoms with Gasteiger partial charge in [-0.05, 0) is 105 Å². The lowest BCUT2D eigenvalue weighted by Crippen LogP contribution is -2.17. The molecule has 3 unspecified atom stereocenters. The molecule has 5 rings (SSSR count). The molecule has 0 aliphatic carbocycles. The molecule has 0 radical (unpaired) electrons. The van der Waals surface area contributed by atoms with E-state index in [1.54, 1.807) is 0 Å². The summed E-state index contributed by atoms with van der Waals surface area (Å²) in [4.78, 5) is 43.6. The molecule has 0 aromatic carbocycles. The van der Waals surface area contributed by atoms with Crippen LogP contribution < -0.4 is 0 Å². The third-order valence-corrected chi connectivity index (χ3v) is 10.2. The Hall–Kier alpha value is -4.20. The first-order valence-electron chi connectivity index (χ1n) is 16.5. The molecule has 0 fully saturated rings. The molecule has 3 aromatic rings. The maximum absolute atomic E-state index is 13.3. The summed E-state index contributed by atoms with van der Waals surface area (Å²) >= 11 is 0. The van der Waals surface area contributed by atoms with Crippen molar-refractivity contribution >= 4 is 45.2 Å². The number of aromatic amines is 2. The van der Waals surface area contributed by atoms with E-state index in [4.69, 9.17) is 19.4 Å². The number of carbonyl (C=O) groups is 2. The molecule has 5 heterocycles. The van der Waals surface area contributed by atoms with Gasteiger partial charge in [0, 0.05) is 51.6 Å². The highest BCUT2D eigenvalue weighted by atomic mass is 16.5. The fraction of sp³-hybridized carbons (Fsp3) is 0.474. The molecule has 244 valence electrons. The maximum Gasteiger partial charge on any atom is 0.313 e. The van der Waals surface area contributed by atoms with Crippen LogP contribution in [0.25, 0.3) is 33.2 Å². The predicted octanol–water partition coefficient (Wildman–Crippen LogP) is 8.51. The number of aryl methyl sites for hydroxylation is 4. The second-order valence-corrected chi connectivity index (χ2v) is 12.8. The van der Waals surface area contributed by atoms with Gasteiger partial charge in [0.15, 0.2) is 0 Å².